The van der Waals surface area contributed by atoms with Gasteiger partial charge in [-0.15, -0.1) is 0 Å². The minimum Gasteiger partial charge on any atom is -0.469 e. The molecule has 0 spiro atoms. The molecule has 2 aliphatic heterocycles. The lowest BCUT2D eigenvalue weighted by Gasteiger charge is -2.37. The van der Waals surface area contributed by atoms with Gasteiger partial charge in [-0.2, -0.15) is 0 Å². The van der Waals surface area contributed by atoms with Crippen molar-refractivity contribution in [1.82, 2.24) is 0 Å². The summed E-state index contributed by atoms with van der Waals surface area (Å²) in [6.07, 6.45) is 24.6. The first-order chi connectivity index (χ1) is 22.1. The summed E-state index contributed by atoms with van der Waals surface area (Å²) in [7, 11) is -1.87. The first-order valence-corrected chi connectivity index (χ1v) is 22.3. The molecule has 2 heterocycles. The van der Waals surface area contributed by atoms with Gasteiger partial charge in [-0.3, -0.25) is 0 Å². The molecule has 0 aromatic carbocycles. The number of hydrogen-bond acceptors (Lipinski definition) is 6. The molecule has 0 radical (unpaired) electrons. The van der Waals surface area contributed by atoms with Crippen LogP contribution < -0.4 is 0 Å². The molecule has 5 rings (SSSR count). The lowest BCUT2D eigenvalue weighted by molar-refractivity contribution is -0.200. The molecule has 2 saturated carbocycles. The fraction of sp³-hybridized carbons (Fsp3) is 0.897. The van der Waals surface area contributed by atoms with Crippen molar-refractivity contribution in [3.8, 4) is 0 Å². The summed E-state index contributed by atoms with van der Waals surface area (Å²) in [6.45, 7) is 14.4. The van der Waals surface area contributed by atoms with Crippen molar-refractivity contribution in [2.24, 2.45) is 29.6 Å². The molecular formula is C39H68O6Si. The van der Waals surface area contributed by atoms with Crippen molar-refractivity contribution in [3.05, 3.63) is 23.5 Å². The molecule has 5 unspecified atom stereocenters. The molecule has 264 valence electrons. The van der Waals surface area contributed by atoms with E-state index in [4.69, 9.17) is 23.4 Å². The van der Waals surface area contributed by atoms with Crippen molar-refractivity contribution < 1.29 is 28.5 Å². The Morgan fingerprint density at radius 1 is 0.957 bits per heavy atom. The Kier molecular flexibility index (Phi) is 13.7. The minimum absolute atomic E-state index is 0.0988. The molecule has 0 amide bonds. The van der Waals surface area contributed by atoms with Gasteiger partial charge in [-0.25, -0.2) is 0 Å². The van der Waals surface area contributed by atoms with Gasteiger partial charge in [0.25, 0.3) is 0 Å². The highest BCUT2D eigenvalue weighted by molar-refractivity contribution is 6.74. The van der Waals surface area contributed by atoms with E-state index in [0.29, 0.717) is 17.8 Å². The number of allylic oxidation sites excluding steroid dienone is 2. The lowest BCUT2D eigenvalue weighted by atomic mass is 9.85. The van der Waals surface area contributed by atoms with E-state index in [0.717, 1.165) is 95.7 Å². The third kappa shape index (κ3) is 9.94. The Balaban J connectivity index is 1.41. The third-order valence-electron chi connectivity index (χ3n) is 12.3. The van der Waals surface area contributed by atoms with Gasteiger partial charge in [-0.1, -0.05) is 70.9 Å². The maximum atomic E-state index is 9.59. The van der Waals surface area contributed by atoms with Gasteiger partial charge in [-0.05, 0) is 106 Å². The van der Waals surface area contributed by atoms with E-state index in [1.165, 1.54) is 44.9 Å². The predicted molar refractivity (Wildman–Crippen MR) is 188 cm³/mol. The second kappa shape index (κ2) is 17.3. The van der Waals surface area contributed by atoms with Crippen molar-refractivity contribution >= 4 is 8.32 Å². The smallest absolute Gasteiger partial charge is 0.199 e. The standard InChI is InChI=1S/C39H68O6Si/c1-39(2,3)46(4,5)43-28-30(17-9-12-22-40)31-25-32-27-35(45-37-19-11-14-24-42-37)38(33(32)26-31)34(44-36-18-10-13-23-41-36)21-20-29-15-7-6-8-16-29/h21,26,29-30,32-33,35-38,40H,6-20,22-25,27-28H2,1-5H3/t30?,32?,33?,35-,36?,37?,38+/m1/s1. The van der Waals surface area contributed by atoms with Gasteiger partial charge in [0.15, 0.2) is 20.9 Å². The molecule has 1 N–H and O–H groups in total. The summed E-state index contributed by atoms with van der Waals surface area (Å²) in [5, 5.41) is 9.78. The molecule has 0 aromatic rings. The first kappa shape index (κ1) is 36.6. The Labute approximate surface area is 282 Å². The molecule has 0 aromatic heterocycles. The van der Waals surface area contributed by atoms with Crippen LogP contribution in [0.2, 0.25) is 18.1 Å². The average Bonchev–Trinajstić information content (AvgIpc) is 3.59. The van der Waals surface area contributed by atoms with E-state index in [1.54, 1.807) is 5.57 Å². The zero-order valence-electron chi connectivity index (χ0n) is 30.1. The molecule has 3 aliphatic carbocycles. The quantitative estimate of drug-likeness (QED) is 0.0817. The molecule has 5 aliphatic rings. The van der Waals surface area contributed by atoms with Gasteiger partial charge >= 0.3 is 0 Å². The molecular weight excluding hydrogens is 593 g/mol. The highest BCUT2D eigenvalue weighted by Gasteiger charge is 2.50. The topological polar surface area (TPSA) is 66.4 Å². The number of ether oxygens (including phenoxy) is 4. The first-order valence-electron chi connectivity index (χ1n) is 19.4. The van der Waals surface area contributed by atoms with Crippen molar-refractivity contribution in [2.45, 2.75) is 167 Å². The average molecular weight is 661 g/mol. The summed E-state index contributed by atoms with van der Waals surface area (Å²) >= 11 is 0. The Morgan fingerprint density at radius 2 is 1.65 bits per heavy atom. The van der Waals surface area contributed by atoms with Gasteiger partial charge in [0.2, 0.25) is 0 Å². The number of hydrogen-bond donors (Lipinski definition) is 1. The summed E-state index contributed by atoms with van der Waals surface area (Å²) in [4.78, 5) is 0. The molecule has 6 nitrogen and oxygen atoms in total. The van der Waals surface area contributed by atoms with Gasteiger partial charge < -0.3 is 28.5 Å². The van der Waals surface area contributed by atoms with Crippen molar-refractivity contribution in [3.63, 3.8) is 0 Å². The van der Waals surface area contributed by atoms with Crippen molar-refractivity contribution in [1.29, 1.82) is 0 Å². The third-order valence-corrected chi connectivity index (χ3v) is 16.8. The predicted octanol–water partition coefficient (Wildman–Crippen LogP) is 9.68. The second-order valence-corrected chi connectivity index (χ2v) is 21.6. The summed E-state index contributed by atoms with van der Waals surface area (Å²) in [5.41, 5.74) is 1.57. The highest BCUT2D eigenvalue weighted by atomic mass is 28.4. The number of rotatable bonds is 15. The number of fused-ring (bicyclic) bond motifs is 1. The SMILES string of the molecule is CC(C)(C)[Si](C)(C)OCC(CCCCO)C1=CC2C(C1)C[C@@H](OC1CCCCO1)[C@@H]2C(=CCC1CCCCC1)OC1CCCCO1. The Hall–Kier alpha value is -0.703. The number of unbranched alkanes of at least 4 members (excludes halogenated alkanes) is 1. The van der Waals surface area contributed by atoms with Crippen LogP contribution in [0.15, 0.2) is 23.5 Å². The largest absolute Gasteiger partial charge is 0.469 e. The fourth-order valence-corrected chi connectivity index (χ4v) is 9.43. The van der Waals surface area contributed by atoms with Crippen LogP contribution in [0.4, 0.5) is 0 Å². The van der Waals surface area contributed by atoms with E-state index in [1.807, 2.05) is 0 Å². The van der Waals surface area contributed by atoms with E-state index in [9.17, 15) is 5.11 Å². The molecule has 7 atom stereocenters. The minimum atomic E-state index is -1.87. The van der Waals surface area contributed by atoms with Crippen LogP contribution in [0.5, 0.6) is 0 Å². The zero-order chi connectivity index (χ0) is 32.6. The molecule has 0 bridgehead atoms. The highest BCUT2D eigenvalue weighted by Crippen LogP contribution is 2.53. The van der Waals surface area contributed by atoms with E-state index >= 15 is 0 Å². The number of aliphatic hydroxyl groups is 1. The maximum absolute atomic E-state index is 9.59. The van der Waals surface area contributed by atoms with E-state index in [2.05, 4.69) is 46.0 Å². The summed E-state index contributed by atoms with van der Waals surface area (Å²) in [5.74, 6) is 3.45. The fourth-order valence-electron chi connectivity index (χ4n) is 8.38. The lowest BCUT2D eigenvalue weighted by Crippen LogP contribution is -2.42. The van der Waals surface area contributed by atoms with E-state index < -0.39 is 8.32 Å². The second-order valence-electron chi connectivity index (χ2n) is 16.8. The Bertz CT molecular complexity index is 969. The van der Waals surface area contributed by atoms with Crippen LogP contribution in [-0.4, -0.2) is 58.5 Å². The van der Waals surface area contributed by atoms with Crippen LogP contribution in [0.1, 0.15) is 130 Å². The summed E-state index contributed by atoms with van der Waals surface area (Å²) in [6, 6.07) is 0. The molecule has 7 heteroatoms. The van der Waals surface area contributed by atoms with Crippen LogP contribution in [-0.2, 0) is 23.4 Å². The van der Waals surface area contributed by atoms with Crippen LogP contribution in [0.25, 0.3) is 0 Å². The monoisotopic (exact) mass is 660 g/mol. The Morgan fingerprint density at radius 3 is 2.30 bits per heavy atom. The maximum Gasteiger partial charge on any atom is 0.199 e. The van der Waals surface area contributed by atoms with Crippen LogP contribution >= 0.6 is 0 Å². The van der Waals surface area contributed by atoms with Gasteiger partial charge in [0.05, 0.1) is 12.7 Å². The van der Waals surface area contributed by atoms with Gasteiger partial charge in [0.1, 0.15) is 5.76 Å². The van der Waals surface area contributed by atoms with Gasteiger partial charge in [0, 0.05) is 38.1 Å². The molecule has 46 heavy (non-hydrogen) atoms. The summed E-state index contributed by atoms with van der Waals surface area (Å²) < 4.78 is 33.0. The molecule has 4 fully saturated rings. The zero-order valence-corrected chi connectivity index (χ0v) is 31.1. The number of aliphatic hydroxyl groups excluding tert-OH is 1. The van der Waals surface area contributed by atoms with Crippen LogP contribution in [0.3, 0.4) is 0 Å². The normalized spacial score (nSPS) is 32.3. The van der Waals surface area contributed by atoms with Crippen LogP contribution in [0, 0.1) is 29.6 Å². The van der Waals surface area contributed by atoms with Crippen molar-refractivity contribution in [2.75, 3.05) is 26.4 Å². The molecule has 2 saturated heterocycles. The van der Waals surface area contributed by atoms with E-state index in [-0.39, 0.29) is 36.2 Å².